The minimum Gasteiger partial charge on any atom is -0.360 e. The van der Waals surface area contributed by atoms with Crippen molar-refractivity contribution in [2.45, 2.75) is 6.92 Å². The Morgan fingerprint density at radius 1 is 1.12 bits per heavy atom. The second-order valence-electron chi connectivity index (χ2n) is 5.67. The minimum absolute atomic E-state index is 0.526. The fourth-order valence-electron chi connectivity index (χ4n) is 2.48. The fourth-order valence-corrected chi connectivity index (χ4v) is 4.21. The number of hydrogen-bond acceptors (Lipinski definition) is 6. The minimum atomic E-state index is 0.526. The van der Waals surface area contributed by atoms with Crippen LogP contribution in [0.15, 0.2) is 60.1 Å². The van der Waals surface area contributed by atoms with Gasteiger partial charge in [-0.05, 0) is 43.3 Å². The summed E-state index contributed by atoms with van der Waals surface area (Å²) in [4.78, 5) is 9.03. The summed E-state index contributed by atoms with van der Waals surface area (Å²) >= 11 is 3.15. The summed E-state index contributed by atoms with van der Waals surface area (Å²) in [6.45, 7) is 1.92. The highest BCUT2D eigenvalue weighted by Crippen LogP contribution is 2.30. The number of thiazole rings is 2. The molecule has 0 amide bonds. The van der Waals surface area contributed by atoms with Crippen LogP contribution in [0, 0.1) is 18.3 Å². The summed E-state index contributed by atoms with van der Waals surface area (Å²) in [7, 11) is 0. The summed E-state index contributed by atoms with van der Waals surface area (Å²) in [5, 5.41) is 16.2. The second kappa shape index (κ2) is 7.08. The van der Waals surface area contributed by atoms with Crippen molar-refractivity contribution >= 4 is 44.2 Å². The van der Waals surface area contributed by atoms with E-state index in [2.05, 4.69) is 27.4 Å². The lowest BCUT2D eigenvalue weighted by atomic mass is 10.2. The number of fused-ring (bicyclic) bond motifs is 1. The molecule has 26 heavy (non-hydrogen) atoms. The van der Waals surface area contributed by atoms with E-state index in [9.17, 15) is 5.26 Å². The standard InChI is InChI=1S/C20H14N4S2/c1-13-12-25-19(23-13)15(10-21)11-22-16-8-6-14(7-9-16)20-24-17-4-2-3-5-18(17)26-20/h2-9,11-12,22H,1H3/b15-11+. The normalized spacial score (nSPS) is 11.5. The predicted octanol–water partition coefficient (Wildman–Crippen LogP) is 5.70. The lowest BCUT2D eigenvalue weighted by Gasteiger charge is -2.03. The Balaban J connectivity index is 1.54. The van der Waals surface area contributed by atoms with Gasteiger partial charge in [0.15, 0.2) is 0 Å². The van der Waals surface area contributed by atoms with Crippen molar-refractivity contribution in [1.29, 1.82) is 5.26 Å². The number of nitriles is 1. The number of aryl methyl sites for hydroxylation is 1. The molecule has 2 aromatic carbocycles. The first-order valence-corrected chi connectivity index (χ1v) is 9.68. The predicted molar refractivity (Wildman–Crippen MR) is 109 cm³/mol. The third-order valence-electron chi connectivity index (χ3n) is 3.78. The van der Waals surface area contributed by atoms with Gasteiger partial charge in [0, 0.05) is 28.5 Å². The number of rotatable bonds is 4. The molecule has 4 rings (SSSR count). The maximum Gasteiger partial charge on any atom is 0.135 e. The van der Waals surface area contributed by atoms with Gasteiger partial charge in [-0.2, -0.15) is 5.26 Å². The van der Waals surface area contributed by atoms with Gasteiger partial charge in [-0.15, -0.1) is 22.7 Å². The first kappa shape index (κ1) is 16.5. The van der Waals surface area contributed by atoms with E-state index in [-0.39, 0.29) is 0 Å². The lowest BCUT2D eigenvalue weighted by Crippen LogP contribution is -1.91. The number of hydrogen-bond donors (Lipinski definition) is 1. The number of para-hydroxylation sites is 1. The molecule has 0 aliphatic carbocycles. The molecular formula is C20H14N4S2. The van der Waals surface area contributed by atoms with E-state index in [1.54, 1.807) is 17.5 Å². The Morgan fingerprint density at radius 3 is 2.62 bits per heavy atom. The van der Waals surface area contributed by atoms with Crippen molar-refractivity contribution in [2.75, 3.05) is 5.32 Å². The smallest absolute Gasteiger partial charge is 0.135 e. The molecule has 6 heteroatoms. The molecule has 0 atom stereocenters. The van der Waals surface area contributed by atoms with Crippen LogP contribution in [0.4, 0.5) is 5.69 Å². The van der Waals surface area contributed by atoms with Crippen molar-refractivity contribution in [3.05, 3.63) is 70.8 Å². The summed E-state index contributed by atoms with van der Waals surface area (Å²) in [5.74, 6) is 0. The monoisotopic (exact) mass is 374 g/mol. The largest absolute Gasteiger partial charge is 0.360 e. The van der Waals surface area contributed by atoms with Gasteiger partial charge < -0.3 is 5.32 Å². The molecule has 0 saturated carbocycles. The highest BCUT2D eigenvalue weighted by Gasteiger charge is 2.07. The van der Waals surface area contributed by atoms with Gasteiger partial charge in [0.2, 0.25) is 0 Å². The fraction of sp³-hybridized carbons (Fsp3) is 0.0500. The zero-order valence-corrected chi connectivity index (χ0v) is 15.6. The Morgan fingerprint density at radius 2 is 1.92 bits per heavy atom. The van der Waals surface area contributed by atoms with Gasteiger partial charge in [-0.1, -0.05) is 12.1 Å². The van der Waals surface area contributed by atoms with Crippen molar-refractivity contribution in [2.24, 2.45) is 0 Å². The quantitative estimate of drug-likeness (QED) is 0.465. The van der Waals surface area contributed by atoms with Gasteiger partial charge in [0.25, 0.3) is 0 Å². The number of benzene rings is 2. The van der Waals surface area contributed by atoms with Gasteiger partial charge in [0.05, 0.1) is 10.2 Å². The van der Waals surface area contributed by atoms with Gasteiger partial charge in [-0.25, -0.2) is 9.97 Å². The van der Waals surface area contributed by atoms with E-state index in [0.29, 0.717) is 5.57 Å². The van der Waals surface area contributed by atoms with Crippen LogP contribution in [-0.4, -0.2) is 9.97 Å². The van der Waals surface area contributed by atoms with Crippen LogP contribution >= 0.6 is 22.7 Å². The summed E-state index contributed by atoms with van der Waals surface area (Å²) in [5.41, 5.74) is 4.47. The third-order valence-corrected chi connectivity index (χ3v) is 5.86. The van der Waals surface area contributed by atoms with Crippen LogP contribution in [-0.2, 0) is 0 Å². The number of aromatic nitrogens is 2. The first-order chi connectivity index (χ1) is 12.7. The average molecular weight is 374 g/mol. The van der Waals surface area contributed by atoms with Crippen LogP contribution in [0.3, 0.4) is 0 Å². The molecule has 0 bridgehead atoms. The highest BCUT2D eigenvalue weighted by atomic mass is 32.1. The van der Waals surface area contributed by atoms with Gasteiger partial charge in [0.1, 0.15) is 21.7 Å². The van der Waals surface area contributed by atoms with E-state index in [1.165, 1.54) is 16.0 Å². The highest BCUT2D eigenvalue weighted by molar-refractivity contribution is 7.21. The molecule has 0 spiro atoms. The molecule has 1 N–H and O–H groups in total. The zero-order valence-electron chi connectivity index (χ0n) is 13.9. The number of nitrogens with one attached hydrogen (secondary N) is 1. The van der Waals surface area contributed by atoms with Crippen molar-refractivity contribution in [3.63, 3.8) is 0 Å². The topological polar surface area (TPSA) is 61.6 Å². The van der Waals surface area contributed by atoms with Crippen molar-refractivity contribution in [1.82, 2.24) is 9.97 Å². The molecule has 2 heterocycles. The van der Waals surface area contributed by atoms with Crippen LogP contribution in [0.1, 0.15) is 10.7 Å². The maximum atomic E-state index is 9.33. The molecule has 0 unspecified atom stereocenters. The van der Waals surface area contributed by atoms with E-state index in [4.69, 9.17) is 0 Å². The number of nitrogens with zero attached hydrogens (tertiary/aromatic N) is 3. The van der Waals surface area contributed by atoms with Crippen LogP contribution in [0.2, 0.25) is 0 Å². The molecular weight excluding hydrogens is 360 g/mol. The Kier molecular flexibility index (Phi) is 4.48. The Labute approximate surface area is 159 Å². The molecule has 0 radical (unpaired) electrons. The molecule has 2 aromatic heterocycles. The van der Waals surface area contributed by atoms with Crippen LogP contribution in [0.5, 0.6) is 0 Å². The Bertz CT molecular complexity index is 1100. The number of allylic oxidation sites excluding steroid dienone is 1. The molecule has 0 fully saturated rings. The van der Waals surface area contributed by atoms with Crippen LogP contribution in [0.25, 0.3) is 26.4 Å². The van der Waals surface area contributed by atoms with Crippen molar-refractivity contribution in [3.8, 4) is 16.6 Å². The molecule has 126 valence electrons. The lowest BCUT2D eigenvalue weighted by molar-refractivity contribution is 1.24. The Hall–Kier alpha value is -3.01. The number of anilines is 1. The third kappa shape index (κ3) is 3.36. The first-order valence-electron chi connectivity index (χ1n) is 7.98. The molecule has 4 nitrogen and oxygen atoms in total. The van der Waals surface area contributed by atoms with E-state index in [0.717, 1.165) is 32.5 Å². The molecule has 4 aromatic rings. The average Bonchev–Trinajstić information content (AvgIpc) is 3.29. The second-order valence-corrected chi connectivity index (χ2v) is 7.56. The van der Waals surface area contributed by atoms with E-state index >= 15 is 0 Å². The SMILES string of the molecule is Cc1csc(/C(C#N)=C/Nc2ccc(-c3nc4ccccc4s3)cc2)n1. The molecule has 0 saturated heterocycles. The van der Waals surface area contributed by atoms with Gasteiger partial charge in [-0.3, -0.25) is 0 Å². The van der Waals surface area contributed by atoms with Crippen molar-refractivity contribution < 1.29 is 0 Å². The van der Waals surface area contributed by atoms with Crippen LogP contribution < -0.4 is 5.32 Å². The summed E-state index contributed by atoms with van der Waals surface area (Å²) in [6.07, 6.45) is 1.70. The maximum absolute atomic E-state index is 9.33. The van der Waals surface area contributed by atoms with E-state index in [1.807, 2.05) is 54.8 Å². The molecule has 0 aliphatic heterocycles. The summed E-state index contributed by atoms with van der Waals surface area (Å²) in [6, 6.07) is 18.4. The van der Waals surface area contributed by atoms with E-state index < -0.39 is 0 Å². The summed E-state index contributed by atoms with van der Waals surface area (Å²) < 4.78 is 1.19. The zero-order chi connectivity index (χ0) is 17.9. The van der Waals surface area contributed by atoms with Gasteiger partial charge >= 0.3 is 0 Å². The molecule has 0 aliphatic rings.